The predicted octanol–water partition coefficient (Wildman–Crippen LogP) is 6.53. The molecule has 1 N–H and O–H groups in total. The third-order valence-electron chi connectivity index (χ3n) is 5.03. The highest BCUT2D eigenvalue weighted by molar-refractivity contribution is 7.21. The number of aryl methyl sites for hydroxylation is 2. The molecule has 0 aliphatic carbocycles. The van der Waals surface area contributed by atoms with E-state index in [9.17, 15) is 19.1 Å². The maximum Gasteiger partial charge on any atom is 0.297 e. The summed E-state index contributed by atoms with van der Waals surface area (Å²) in [7, 11) is 0. The van der Waals surface area contributed by atoms with Gasteiger partial charge in [0.15, 0.2) is 5.75 Å². The maximum absolute atomic E-state index is 14.5. The Morgan fingerprint density at radius 1 is 1.06 bits per heavy atom. The van der Waals surface area contributed by atoms with Crippen LogP contribution in [0.15, 0.2) is 60.9 Å². The van der Waals surface area contributed by atoms with E-state index in [0.717, 1.165) is 17.4 Å². The highest BCUT2D eigenvalue weighted by atomic mass is 32.1. The molecule has 0 aliphatic rings. The lowest BCUT2D eigenvalue weighted by molar-refractivity contribution is -0.123. The molecule has 5 nitrogen and oxygen atoms in total. The third kappa shape index (κ3) is 4.63. The standard InChI is InChI=1S/C26H19FO5S/c1-15-3-7-20(16(2)11-15)24(30)26-25(21-8-5-18(29)12-23(21)33-26)32-19-6-4-17(22(27)13-19)9-10-31-14-28/h3-14,29H,1-2H3/b10-9+. The Morgan fingerprint density at radius 3 is 2.61 bits per heavy atom. The summed E-state index contributed by atoms with van der Waals surface area (Å²) in [6.45, 7) is 4.06. The molecule has 0 radical (unpaired) electrons. The van der Waals surface area contributed by atoms with E-state index >= 15 is 0 Å². The van der Waals surface area contributed by atoms with Gasteiger partial charge in [-0.1, -0.05) is 23.8 Å². The van der Waals surface area contributed by atoms with Crippen molar-refractivity contribution in [2.45, 2.75) is 13.8 Å². The van der Waals surface area contributed by atoms with Gasteiger partial charge < -0.3 is 14.6 Å². The van der Waals surface area contributed by atoms with E-state index in [2.05, 4.69) is 4.74 Å². The van der Waals surface area contributed by atoms with Crippen LogP contribution in [-0.4, -0.2) is 17.4 Å². The first-order chi connectivity index (χ1) is 15.9. The number of thiophene rings is 1. The Balaban J connectivity index is 1.77. The topological polar surface area (TPSA) is 72.8 Å². The molecule has 3 aromatic carbocycles. The number of ether oxygens (including phenoxy) is 2. The molecule has 4 rings (SSSR count). The van der Waals surface area contributed by atoms with Gasteiger partial charge in [-0.2, -0.15) is 0 Å². The summed E-state index contributed by atoms with van der Waals surface area (Å²) in [5, 5.41) is 10.5. The molecule has 0 amide bonds. The van der Waals surface area contributed by atoms with Gasteiger partial charge >= 0.3 is 0 Å². The first-order valence-corrected chi connectivity index (χ1v) is 10.8. The molecule has 7 heteroatoms. The summed E-state index contributed by atoms with van der Waals surface area (Å²) < 4.78 is 25.7. The number of fused-ring (bicyclic) bond motifs is 1. The lowest BCUT2D eigenvalue weighted by Crippen LogP contribution is -2.03. The normalized spacial score (nSPS) is 11.1. The van der Waals surface area contributed by atoms with E-state index in [1.807, 2.05) is 26.0 Å². The summed E-state index contributed by atoms with van der Waals surface area (Å²) in [5.41, 5.74) is 2.63. The van der Waals surface area contributed by atoms with E-state index in [1.54, 1.807) is 24.3 Å². The fraction of sp³-hybridized carbons (Fsp3) is 0.0769. The van der Waals surface area contributed by atoms with Gasteiger partial charge in [-0.05, 0) is 55.8 Å². The average Bonchev–Trinajstić information content (AvgIpc) is 3.12. The Hall–Kier alpha value is -3.97. The van der Waals surface area contributed by atoms with Crippen molar-refractivity contribution in [1.82, 2.24) is 0 Å². The highest BCUT2D eigenvalue weighted by Crippen LogP contribution is 2.43. The fourth-order valence-electron chi connectivity index (χ4n) is 3.47. The highest BCUT2D eigenvalue weighted by Gasteiger charge is 2.23. The smallest absolute Gasteiger partial charge is 0.297 e. The lowest BCUT2D eigenvalue weighted by atomic mass is 10.0. The minimum Gasteiger partial charge on any atom is -0.508 e. The minimum atomic E-state index is -0.585. The van der Waals surface area contributed by atoms with Crippen molar-refractivity contribution in [3.05, 3.63) is 93.8 Å². The fourth-order valence-corrected chi connectivity index (χ4v) is 4.59. The van der Waals surface area contributed by atoms with Crippen LogP contribution < -0.4 is 4.74 Å². The summed E-state index contributed by atoms with van der Waals surface area (Å²) in [4.78, 5) is 24.0. The first kappa shape index (κ1) is 22.2. The molecule has 1 heterocycles. The second kappa shape index (κ2) is 9.26. The van der Waals surface area contributed by atoms with E-state index in [0.29, 0.717) is 26.3 Å². The van der Waals surface area contributed by atoms with Crippen molar-refractivity contribution in [2.24, 2.45) is 0 Å². The molecule has 0 aliphatic heterocycles. The van der Waals surface area contributed by atoms with Crippen LogP contribution in [0.25, 0.3) is 16.2 Å². The van der Waals surface area contributed by atoms with E-state index in [4.69, 9.17) is 4.74 Å². The molecule has 0 bridgehead atoms. The Morgan fingerprint density at radius 2 is 1.88 bits per heavy atom. The molecule has 0 atom stereocenters. The molecular formula is C26H19FO5S. The quantitative estimate of drug-likeness (QED) is 0.192. The molecular weight excluding hydrogens is 443 g/mol. The third-order valence-corrected chi connectivity index (χ3v) is 6.17. The van der Waals surface area contributed by atoms with E-state index < -0.39 is 5.82 Å². The second-order valence-electron chi connectivity index (χ2n) is 7.41. The second-order valence-corrected chi connectivity index (χ2v) is 8.46. The number of carbonyl (C=O) groups is 2. The number of phenolic OH excluding ortho intramolecular Hbond substituents is 1. The number of hydrogen-bond acceptors (Lipinski definition) is 6. The van der Waals surface area contributed by atoms with Crippen molar-refractivity contribution in [3.8, 4) is 17.2 Å². The summed E-state index contributed by atoms with van der Waals surface area (Å²) >= 11 is 1.21. The minimum absolute atomic E-state index is 0.0699. The molecule has 0 fully saturated rings. The van der Waals surface area contributed by atoms with Crippen LogP contribution in [0.3, 0.4) is 0 Å². The monoisotopic (exact) mass is 462 g/mol. The zero-order valence-electron chi connectivity index (χ0n) is 17.8. The van der Waals surface area contributed by atoms with Crippen molar-refractivity contribution in [1.29, 1.82) is 0 Å². The van der Waals surface area contributed by atoms with Crippen LogP contribution in [0, 0.1) is 19.7 Å². The summed E-state index contributed by atoms with van der Waals surface area (Å²) in [6.07, 6.45) is 2.39. The van der Waals surface area contributed by atoms with Gasteiger partial charge in [0.2, 0.25) is 5.78 Å². The first-order valence-electron chi connectivity index (χ1n) is 9.98. The van der Waals surface area contributed by atoms with Crippen LogP contribution in [0.1, 0.15) is 31.9 Å². The van der Waals surface area contributed by atoms with Gasteiger partial charge in [0.25, 0.3) is 6.47 Å². The van der Waals surface area contributed by atoms with Gasteiger partial charge in [-0.3, -0.25) is 9.59 Å². The molecule has 4 aromatic rings. The maximum atomic E-state index is 14.5. The zero-order chi connectivity index (χ0) is 23.5. The molecule has 0 spiro atoms. The number of halogens is 1. The largest absolute Gasteiger partial charge is 0.508 e. The van der Waals surface area contributed by atoms with Crippen LogP contribution in [0.2, 0.25) is 0 Å². The van der Waals surface area contributed by atoms with Crippen molar-refractivity contribution >= 4 is 39.8 Å². The summed E-state index contributed by atoms with van der Waals surface area (Å²) in [6, 6.07) is 14.5. The Labute approximate surface area is 193 Å². The number of phenols is 1. The van der Waals surface area contributed by atoms with Crippen molar-refractivity contribution < 1.29 is 28.6 Å². The van der Waals surface area contributed by atoms with Gasteiger partial charge in [-0.25, -0.2) is 4.39 Å². The zero-order valence-corrected chi connectivity index (χ0v) is 18.6. The number of aromatic hydroxyl groups is 1. The van der Waals surface area contributed by atoms with Crippen LogP contribution >= 0.6 is 11.3 Å². The van der Waals surface area contributed by atoms with Gasteiger partial charge in [0, 0.05) is 27.3 Å². The SMILES string of the molecule is Cc1ccc(C(=O)c2sc3cc(O)ccc3c2Oc2ccc(/C=C/OC=O)c(F)c2)c(C)c1. The van der Waals surface area contributed by atoms with E-state index in [-0.39, 0.29) is 29.3 Å². The molecule has 0 unspecified atom stereocenters. The van der Waals surface area contributed by atoms with Crippen molar-refractivity contribution in [3.63, 3.8) is 0 Å². The molecule has 166 valence electrons. The van der Waals surface area contributed by atoms with Gasteiger partial charge in [-0.15, -0.1) is 11.3 Å². The van der Waals surface area contributed by atoms with Crippen molar-refractivity contribution in [2.75, 3.05) is 0 Å². The van der Waals surface area contributed by atoms with Crippen LogP contribution in [-0.2, 0) is 9.53 Å². The molecule has 33 heavy (non-hydrogen) atoms. The Kier molecular flexibility index (Phi) is 6.24. The molecule has 0 saturated heterocycles. The van der Waals surface area contributed by atoms with Gasteiger partial charge in [0.1, 0.15) is 22.2 Å². The number of benzene rings is 3. The van der Waals surface area contributed by atoms with E-state index in [1.165, 1.54) is 35.6 Å². The molecule has 0 saturated carbocycles. The predicted molar refractivity (Wildman–Crippen MR) is 125 cm³/mol. The lowest BCUT2D eigenvalue weighted by Gasteiger charge is -2.10. The summed E-state index contributed by atoms with van der Waals surface area (Å²) in [5.74, 6) is -0.234. The molecule has 1 aromatic heterocycles. The number of ketones is 1. The van der Waals surface area contributed by atoms with Gasteiger partial charge in [0.05, 0.1) is 6.26 Å². The number of rotatable bonds is 7. The van der Waals surface area contributed by atoms with Crippen LogP contribution in [0.4, 0.5) is 4.39 Å². The number of carbonyl (C=O) groups excluding carboxylic acids is 2. The average molecular weight is 462 g/mol. The Bertz CT molecular complexity index is 1400. The number of hydrogen-bond donors (Lipinski definition) is 1. The van der Waals surface area contributed by atoms with Crippen LogP contribution in [0.5, 0.6) is 17.2 Å².